The van der Waals surface area contributed by atoms with Gasteiger partial charge in [-0.05, 0) is 44.0 Å². The molecule has 4 nitrogen and oxygen atoms in total. The minimum Gasteiger partial charge on any atom is -0.466 e. The zero-order valence-corrected chi connectivity index (χ0v) is 11.5. The summed E-state index contributed by atoms with van der Waals surface area (Å²) in [6.07, 6.45) is 2.00. The molecule has 0 amide bonds. The third kappa shape index (κ3) is 3.96. The lowest BCUT2D eigenvalue weighted by Crippen LogP contribution is -2.38. The molecule has 0 spiro atoms. The summed E-state index contributed by atoms with van der Waals surface area (Å²) >= 11 is 0. The van der Waals surface area contributed by atoms with Crippen LogP contribution in [0, 0.1) is 5.92 Å². The molecule has 0 saturated carbocycles. The van der Waals surface area contributed by atoms with Crippen LogP contribution in [0.1, 0.15) is 25.3 Å². The van der Waals surface area contributed by atoms with Gasteiger partial charge < -0.3 is 10.5 Å². The van der Waals surface area contributed by atoms with Crippen molar-refractivity contribution in [2.45, 2.75) is 26.3 Å². The Morgan fingerprint density at radius 2 is 2.16 bits per heavy atom. The van der Waals surface area contributed by atoms with E-state index >= 15 is 0 Å². The van der Waals surface area contributed by atoms with Crippen molar-refractivity contribution < 1.29 is 9.53 Å². The van der Waals surface area contributed by atoms with Crippen molar-refractivity contribution in [2.24, 2.45) is 5.92 Å². The normalized spacial score (nSPS) is 20.2. The first-order chi connectivity index (χ1) is 9.19. The third-order valence-corrected chi connectivity index (χ3v) is 3.51. The Kier molecular flexibility index (Phi) is 4.80. The van der Waals surface area contributed by atoms with Gasteiger partial charge in [0, 0.05) is 18.8 Å². The predicted molar refractivity (Wildman–Crippen MR) is 75.5 cm³/mol. The third-order valence-electron chi connectivity index (χ3n) is 3.51. The number of piperidine rings is 1. The minimum atomic E-state index is -0.0514. The van der Waals surface area contributed by atoms with Crippen LogP contribution < -0.4 is 5.73 Å². The number of nitrogens with zero attached hydrogens (tertiary/aromatic N) is 1. The number of carbonyl (C=O) groups is 1. The van der Waals surface area contributed by atoms with Gasteiger partial charge in [-0.15, -0.1) is 0 Å². The van der Waals surface area contributed by atoms with Crippen molar-refractivity contribution in [3.63, 3.8) is 0 Å². The van der Waals surface area contributed by atoms with E-state index in [-0.39, 0.29) is 11.9 Å². The Hall–Kier alpha value is -1.55. The molecule has 0 aliphatic carbocycles. The molecule has 2 rings (SSSR count). The molecular formula is C15H22N2O2. The van der Waals surface area contributed by atoms with Crippen molar-refractivity contribution in [1.29, 1.82) is 0 Å². The average molecular weight is 262 g/mol. The smallest absolute Gasteiger partial charge is 0.310 e. The van der Waals surface area contributed by atoms with E-state index in [1.54, 1.807) is 0 Å². The monoisotopic (exact) mass is 262 g/mol. The number of carbonyl (C=O) groups excluding carboxylic acids is 1. The molecule has 1 atom stereocenters. The second-order valence-electron chi connectivity index (χ2n) is 5.07. The van der Waals surface area contributed by atoms with E-state index < -0.39 is 0 Å². The second kappa shape index (κ2) is 6.57. The van der Waals surface area contributed by atoms with Crippen LogP contribution in [0.25, 0.3) is 0 Å². The van der Waals surface area contributed by atoms with E-state index in [2.05, 4.69) is 4.90 Å². The average Bonchev–Trinajstić information content (AvgIpc) is 2.42. The van der Waals surface area contributed by atoms with E-state index in [0.29, 0.717) is 6.61 Å². The maximum absolute atomic E-state index is 11.8. The van der Waals surface area contributed by atoms with Gasteiger partial charge in [-0.25, -0.2) is 0 Å². The van der Waals surface area contributed by atoms with Crippen molar-refractivity contribution >= 4 is 11.7 Å². The molecule has 2 N–H and O–H groups in total. The predicted octanol–water partition coefficient (Wildman–Crippen LogP) is 2.04. The molecule has 0 aromatic heterocycles. The number of likely N-dealkylation sites (tertiary alicyclic amines) is 1. The van der Waals surface area contributed by atoms with Crippen molar-refractivity contribution in [3.05, 3.63) is 29.8 Å². The number of nitrogen functional groups attached to an aromatic ring is 1. The van der Waals surface area contributed by atoms with E-state index in [1.807, 2.05) is 31.2 Å². The van der Waals surface area contributed by atoms with E-state index in [4.69, 9.17) is 10.5 Å². The van der Waals surface area contributed by atoms with E-state index in [0.717, 1.165) is 38.2 Å². The number of nitrogens with two attached hydrogens (primary N) is 1. The van der Waals surface area contributed by atoms with Crippen molar-refractivity contribution in [2.75, 3.05) is 25.4 Å². The van der Waals surface area contributed by atoms with E-state index in [1.165, 1.54) is 5.56 Å². The lowest BCUT2D eigenvalue weighted by Gasteiger charge is -2.31. The zero-order chi connectivity index (χ0) is 13.7. The van der Waals surface area contributed by atoms with Gasteiger partial charge in [0.15, 0.2) is 0 Å². The number of hydrogen-bond donors (Lipinski definition) is 1. The molecule has 1 aromatic carbocycles. The van der Waals surface area contributed by atoms with Gasteiger partial charge in [0.2, 0.25) is 0 Å². The standard InChI is InChI=1S/C15H22N2O2/c1-2-19-15(18)13-4-3-9-17(11-13)10-12-5-7-14(16)8-6-12/h5-8,13H,2-4,9-11,16H2,1H3. The maximum atomic E-state index is 11.8. The Labute approximate surface area is 114 Å². The molecular weight excluding hydrogens is 240 g/mol. The van der Waals surface area contributed by atoms with Crippen LogP contribution in [0.3, 0.4) is 0 Å². The second-order valence-corrected chi connectivity index (χ2v) is 5.07. The molecule has 104 valence electrons. The van der Waals surface area contributed by atoms with Gasteiger partial charge in [0.25, 0.3) is 0 Å². The van der Waals surface area contributed by atoms with Crippen LogP contribution in [-0.2, 0) is 16.1 Å². The number of benzene rings is 1. The van der Waals surface area contributed by atoms with E-state index in [9.17, 15) is 4.79 Å². The zero-order valence-electron chi connectivity index (χ0n) is 11.5. The van der Waals surface area contributed by atoms with Crippen LogP contribution in [-0.4, -0.2) is 30.6 Å². The first kappa shape index (κ1) is 13.9. The van der Waals surface area contributed by atoms with Crippen molar-refractivity contribution in [1.82, 2.24) is 4.90 Å². The molecule has 0 radical (unpaired) electrons. The highest BCUT2D eigenvalue weighted by Crippen LogP contribution is 2.20. The van der Waals surface area contributed by atoms with Crippen LogP contribution in [0.15, 0.2) is 24.3 Å². The summed E-state index contributed by atoms with van der Waals surface area (Å²) in [5, 5.41) is 0. The van der Waals surface area contributed by atoms with Crippen molar-refractivity contribution in [3.8, 4) is 0 Å². The number of anilines is 1. The Morgan fingerprint density at radius 1 is 1.42 bits per heavy atom. The molecule has 1 aliphatic rings. The highest BCUT2D eigenvalue weighted by molar-refractivity contribution is 5.72. The summed E-state index contributed by atoms with van der Waals surface area (Å²) in [5.41, 5.74) is 7.70. The topological polar surface area (TPSA) is 55.6 Å². The number of hydrogen-bond acceptors (Lipinski definition) is 4. The molecule has 1 fully saturated rings. The van der Waals surface area contributed by atoms with Gasteiger partial charge in [-0.2, -0.15) is 0 Å². The lowest BCUT2D eigenvalue weighted by atomic mass is 9.97. The fourth-order valence-corrected chi connectivity index (χ4v) is 2.53. The quantitative estimate of drug-likeness (QED) is 0.666. The van der Waals surface area contributed by atoms with Gasteiger partial charge in [0.1, 0.15) is 0 Å². The largest absolute Gasteiger partial charge is 0.466 e. The molecule has 0 bridgehead atoms. The Balaban J connectivity index is 1.90. The molecule has 1 aromatic rings. The van der Waals surface area contributed by atoms with Gasteiger partial charge in [-0.3, -0.25) is 9.69 Å². The number of rotatable bonds is 4. The first-order valence-electron chi connectivity index (χ1n) is 6.92. The van der Waals surface area contributed by atoms with Crippen LogP contribution in [0.4, 0.5) is 5.69 Å². The van der Waals surface area contributed by atoms with Crippen LogP contribution in [0.2, 0.25) is 0 Å². The maximum Gasteiger partial charge on any atom is 0.310 e. The minimum absolute atomic E-state index is 0.0301. The summed E-state index contributed by atoms with van der Waals surface area (Å²) in [7, 11) is 0. The summed E-state index contributed by atoms with van der Waals surface area (Å²) in [6, 6.07) is 7.93. The van der Waals surface area contributed by atoms with Gasteiger partial charge in [-0.1, -0.05) is 12.1 Å². The lowest BCUT2D eigenvalue weighted by molar-refractivity contribution is -0.150. The first-order valence-corrected chi connectivity index (χ1v) is 6.92. The molecule has 1 unspecified atom stereocenters. The molecule has 1 saturated heterocycles. The SMILES string of the molecule is CCOC(=O)C1CCCN(Cc2ccc(N)cc2)C1. The molecule has 1 heterocycles. The van der Waals surface area contributed by atoms with Crippen LogP contribution >= 0.6 is 0 Å². The molecule has 1 aliphatic heterocycles. The summed E-state index contributed by atoms with van der Waals surface area (Å²) in [6.45, 7) is 5.03. The van der Waals surface area contributed by atoms with Gasteiger partial charge >= 0.3 is 5.97 Å². The Morgan fingerprint density at radius 3 is 2.84 bits per heavy atom. The fourth-order valence-electron chi connectivity index (χ4n) is 2.53. The molecule has 19 heavy (non-hydrogen) atoms. The summed E-state index contributed by atoms with van der Waals surface area (Å²) in [4.78, 5) is 14.1. The molecule has 4 heteroatoms. The Bertz CT molecular complexity index is 417. The highest BCUT2D eigenvalue weighted by Gasteiger charge is 2.26. The number of ether oxygens (including phenoxy) is 1. The van der Waals surface area contributed by atoms with Gasteiger partial charge in [0.05, 0.1) is 12.5 Å². The number of esters is 1. The van der Waals surface area contributed by atoms with Crippen LogP contribution in [0.5, 0.6) is 0 Å². The fraction of sp³-hybridized carbons (Fsp3) is 0.533. The summed E-state index contributed by atoms with van der Waals surface area (Å²) < 4.78 is 5.11. The highest BCUT2D eigenvalue weighted by atomic mass is 16.5. The summed E-state index contributed by atoms with van der Waals surface area (Å²) in [5.74, 6) is -0.0213.